The molecule has 1 unspecified atom stereocenters. The van der Waals surface area contributed by atoms with Gasteiger partial charge in [0.2, 0.25) is 0 Å². The van der Waals surface area contributed by atoms with Crippen molar-refractivity contribution in [3.63, 3.8) is 0 Å². The molecule has 2 aromatic rings. The summed E-state index contributed by atoms with van der Waals surface area (Å²) in [6, 6.07) is 2.16. The van der Waals surface area contributed by atoms with E-state index in [0.29, 0.717) is 0 Å². The van der Waals surface area contributed by atoms with Gasteiger partial charge in [-0.25, -0.2) is 0 Å². The molecule has 2 N–H and O–H groups in total. The Bertz CT molecular complexity index is 411. The summed E-state index contributed by atoms with van der Waals surface area (Å²) >= 11 is 5.24. The van der Waals surface area contributed by atoms with E-state index in [0.717, 1.165) is 16.7 Å². The number of aromatic amines is 1. The minimum atomic E-state index is 0.114. The second-order valence-corrected chi connectivity index (χ2v) is 4.82. The molecule has 0 saturated heterocycles. The zero-order chi connectivity index (χ0) is 10.7. The molecule has 6 heteroatoms. The summed E-state index contributed by atoms with van der Waals surface area (Å²) in [5, 5.41) is 16.0. The van der Waals surface area contributed by atoms with E-state index in [2.05, 4.69) is 49.0 Å². The molecule has 2 aromatic heterocycles. The highest BCUT2D eigenvalue weighted by Gasteiger charge is 2.19. The van der Waals surface area contributed by atoms with Crippen LogP contribution in [0, 0.1) is 0 Å². The second-order valence-electron chi connectivity index (χ2n) is 3.02. The van der Waals surface area contributed by atoms with Crippen molar-refractivity contribution >= 4 is 27.3 Å². The molecule has 0 amide bonds. The van der Waals surface area contributed by atoms with Crippen molar-refractivity contribution in [2.75, 3.05) is 6.54 Å². The fraction of sp³-hybridized carbons (Fsp3) is 0.333. The van der Waals surface area contributed by atoms with Gasteiger partial charge in [-0.15, -0.1) is 11.3 Å². The molecule has 15 heavy (non-hydrogen) atoms. The van der Waals surface area contributed by atoms with E-state index in [1.807, 2.05) is 6.07 Å². The molecular weight excluding hydrogens is 276 g/mol. The number of nitrogens with one attached hydrogen (secondary N) is 2. The normalized spacial score (nSPS) is 12.9. The van der Waals surface area contributed by atoms with E-state index in [1.54, 1.807) is 17.5 Å². The van der Waals surface area contributed by atoms with E-state index >= 15 is 0 Å². The summed E-state index contributed by atoms with van der Waals surface area (Å²) in [7, 11) is 0. The molecular formula is C9H11BrN4S. The van der Waals surface area contributed by atoms with Crippen molar-refractivity contribution in [1.82, 2.24) is 20.7 Å². The van der Waals surface area contributed by atoms with E-state index < -0.39 is 0 Å². The van der Waals surface area contributed by atoms with Crippen molar-refractivity contribution in [2.24, 2.45) is 0 Å². The summed E-state index contributed by atoms with van der Waals surface area (Å²) in [4.78, 5) is 1.23. The molecule has 0 aliphatic heterocycles. The molecule has 2 rings (SSSR count). The summed E-state index contributed by atoms with van der Waals surface area (Å²) < 4.78 is 1.11. The zero-order valence-electron chi connectivity index (χ0n) is 8.20. The van der Waals surface area contributed by atoms with E-state index in [-0.39, 0.29) is 6.04 Å². The molecule has 0 aliphatic carbocycles. The Labute approximate surface area is 100 Å². The van der Waals surface area contributed by atoms with Gasteiger partial charge >= 0.3 is 0 Å². The molecule has 0 saturated carbocycles. The highest BCUT2D eigenvalue weighted by atomic mass is 79.9. The van der Waals surface area contributed by atoms with Gasteiger partial charge in [0.1, 0.15) is 5.69 Å². The number of rotatable bonds is 4. The Hall–Kier alpha value is -0.720. The van der Waals surface area contributed by atoms with Gasteiger partial charge in [0, 0.05) is 9.35 Å². The van der Waals surface area contributed by atoms with Crippen molar-refractivity contribution in [1.29, 1.82) is 0 Å². The van der Waals surface area contributed by atoms with Gasteiger partial charge in [0.15, 0.2) is 0 Å². The lowest BCUT2D eigenvalue weighted by molar-refractivity contribution is 0.620. The van der Waals surface area contributed by atoms with Crippen LogP contribution in [-0.4, -0.2) is 22.0 Å². The predicted molar refractivity (Wildman–Crippen MR) is 63.9 cm³/mol. The van der Waals surface area contributed by atoms with Crippen LogP contribution >= 0.6 is 27.3 Å². The Morgan fingerprint density at radius 3 is 3.07 bits per heavy atom. The zero-order valence-corrected chi connectivity index (χ0v) is 10.6. The maximum atomic E-state index is 4.12. The number of nitrogens with zero attached hydrogens (tertiary/aromatic N) is 2. The van der Waals surface area contributed by atoms with Crippen LogP contribution in [0.2, 0.25) is 0 Å². The molecule has 0 spiro atoms. The number of hydrogen-bond donors (Lipinski definition) is 2. The molecule has 0 bridgehead atoms. The van der Waals surface area contributed by atoms with E-state index in [9.17, 15) is 0 Å². The van der Waals surface area contributed by atoms with Gasteiger partial charge in [-0.1, -0.05) is 6.92 Å². The first-order valence-corrected chi connectivity index (χ1v) is 6.32. The van der Waals surface area contributed by atoms with Crippen molar-refractivity contribution in [2.45, 2.75) is 13.0 Å². The van der Waals surface area contributed by atoms with E-state index in [1.165, 1.54) is 4.88 Å². The Kier molecular flexibility index (Phi) is 3.50. The summed E-state index contributed by atoms with van der Waals surface area (Å²) in [6.45, 7) is 2.97. The van der Waals surface area contributed by atoms with Gasteiger partial charge in [0.25, 0.3) is 0 Å². The Morgan fingerprint density at radius 2 is 2.53 bits per heavy atom. The lowest BCUT2D eigenvalue weighted by Gasteiger charge is -2.13. The van der Waals surface area contributed by atoms with Crippen molar-refractivity contribution < 1.29 is 0 Å². The maximum Gasteiger partial charge on any atom is 0.105 e. The van der Waals surface area contributed by atoms with Crippen LogP contribution in [0.15, 0.2) is 22.1 Å². The third-order valence-electron chi connectivity index (χ3n) is 2.04. The number of thiophene rings is 1. The van der Waals surface area contributed by atoms with Gasteiger partial charge in [0.05, 0.1) is 12.2 Å². The fourth-order valence-electron chi connectivity index (χ4n) is 1.40. The SMILES string of the molecule is CCNC(c1cn[nH]n1)c1sccc1Br. The first-order valence-electron chi connectivity index (χ1n) is 4.65. The molecule has 1 atom stereocenters. The minimum absolute atomic E-state index is 0.114. The van der Waals surface area contributed by atoms with Gasteiger partial charge in [-0.2, -0.15) is 15.4 Å². The molecule has 0 radical (unpaired) electrons. The smallest absolute Gasteiger partial charge is 0.105 e. The molecule has 0 aliphatic rings. The summed E-state index contributed by atoms with van der Waals surface area (Å²) in [5.74, 6) is 0. The standard InChI is InChI=1S/C9H11BrN4S/c1-2-11-8(7-5-12-14-13-7)9-6(10)3-4-15-9/h3-5,8,11H,2H2,1H3,(H,12,13,14). The fourth-order valence-corrected chi connectivity index (χ4v) is 3.08. The topological polar surface area (TPSA) is 53.6 Å². The third-order valence-corrected chi connectivity index (χ3v) is 3.98. The Balaban J connectivity index is 2.32. The van der Waals surface area contributed by atoms with Crippen LogP contribution in [0.3, 0.4) is 0 Å². The number of aromatic nitrogens is 3. The highest BCUT2D eigenvalue weighted by molar-refractivity contribution is 9.10. The number of hydrogen-bond acceptors (Lipinski definition) is 4. The van der Waals surface area contributed by atoms with Gasteiger partial charge in [-0.3, -0.25) is 0 Å². The van der Waals surface area contributed by atoms with Crippen LogP contribution in [0.5, 0.6) is 0 Å². The summed E-state index contributed by atoms with van der Waals surface area (Å²) in [6.07, 6.45) is 1.75. The van der Waals surface area contributed by atoms with Crippen molar-refractivity contribution in [3.8, 4) is 0 Å². The van der Waals surface area contributed by atoms with E-state index in [4.69, 9.17) is 0 Å². The first kappa shape index (κ1) is 10.8. The number of halogens is 1. The van der Waals surface area contributed by atoms with Crippen LogP contribution < -0.4 is 5.32 Å². The van der Waals surface area contributed by atoms with Gasteiger partial charge in [-0.05, 0) is 33.9 Å². The quantitative estimate of drug-likeness (QED) is 0.907. The average Bonchev–Trinajstić information content (AvgIpc) is 2.85. The molecule has 0 fully saturated rings. The lowest BCUT2D eigenvalue weighted by atomic mass is 10.2. The first-order chi connectivity index (χ1) is 7.33. The lowest BCUT2D eigenvalue weighted by Crippen LogP contribution is -2.21. The maximum absolute atomic E-state index is 4.12. The molecule has 0 aromatic carbocycles. The average molecular weight is 287 g/mol. The predicted octanol–water partition coefficient (Wildman–Crippen LogP) is 2.33. The molecule has 80 valence electrons. The van der Waals surface area contributed by atoms with Crippen LogP contribution in [0.1, 0.15) is 23.5 Å². The Morgan fingerprint density at radius 1 is 1.67 bits per heavy atom. The largest absolute Gasteiger partial charge is 0.304 e. The minimum Gasteiger partial charge on any atom is -0.304 e. The monoisotopic (exact) mass is 286 g/mol. The summed E-state index contributed by atoms with van der Waals surface area (Å²) in [5.41, 5.74) is 0.917. The third kappa shape index (κ3) is 2.27. The van der Waals surface area contributed by atoms with Crippen molar-refractivity contribution in [3.05, 3.63) is 32.7 Å². The second kappa shape index (κ2) is 4.87. The van der Waals surface area contributed by atoms with Crippen LogP contribution in [0.25, 0.3) is 0 Å². The number of H-pyrrole nitrogens is 1. The molecule has 4 nitrogen and oxygen atoms in total. The highest BCUT2D eigenvalue weighted by Crippen LogP contribution is 2.31. The molecule has 2 heterocycles. The van der Waals surface area contributed by atoms with Crippen LogP contribution in [0.4, 0.5) is 0 Å². The van der Waals surface area contributed by atoms with Gasteiger partial charge < -0.3 is 5.32 Å². The van der Waals surface area contributed by atoms with Crippen LogP contribution in [-0.2, 0) is 0 Å².